The van der Waals surface area contributed by atoms with Gasteiger partial charge in [-0.1, -0.05) is 33.2 Å². The standard InChI is InChI=1S/C19H17BrF3N3O4/c1-10(8-11(2)20)9-15(27)12(3)24-17(28)18-25-16(26-30-18)13-4-6-14(7-5-13)29-19(21,22)23/h4-7,9,12H,2,8H2,1,3H3,(H,24,28)/b10-9+. The number of benzene rings is 1. The van der Waals surface area contributed by atoms with Crippen LogP contribution in [0.4, 0.5) is 13.2 Å². The van der Waals surface area contributed by atoms with Crippen molar-refractivity contribution < 1.29 is 32.0 Å². The fourth-order valence-electron chi connectivity index (χ4n) is 2.29. The molecule has 11 heteroatoms. The van der Waals surface area contributed by atoms with Crippen LogP contribution >= 0.6 is 15.9 Å². The molecule has 1 heterocycles. The Morgan fingerprint density at radius 1 is 1.33 bits per heavy atom. The smallest absolute Gasteiger partial charge is 0.406 e. The highest BCUT2D eigenvalue weighted by molar-refractivity contribution is 9.11. The molecule has 0 radical (unpaired) electrons. The number of ketones is 1. The first-order valence-electron chi connectivity index (χ1n) is 8.49. The maximum Gasteiger partial charge on any atom is 0.573 e. The SMILES string of the molecule is C=C(Br)C/C(C)=C/C(=O)C(C)NC(=O)c1nc(-c2ccc(OC(F)(F)F)cc2)no1. The van der Waals surface area contributed by atoms with Gasteiger partial charge >= 0.3 is 18.2 Å². The zero-order valence-electron chi connectivity index (χ0n) is 15.9. The predicted molar refractivity (Wildman–Crippen MR) is 105 cm³/mol. The largest absolute Gasteiger partial charge is 0.573 e. The third-order valence-corrected chi connectivity index (χ3v) is 3.88. The molecule has 0 saturated heterocycles. The first-order valence-corrected chi connectivity index (χ1v) is 9.29. The molecule has 0 saturated carbocycles. The van der Waals surface area contributed by atoms with E-state index in [0.717, 1.165) is 22.2 Å². The van der Waals surface area contributed by atoms with Crippen LogP contribution in [0.3, 0.4) is 0 Å². The molecule has 0 fully saturated rings. The molecule has 160 valence electrons. The average molecular weight is 488 g/mol. The predicted octanol–water partition coefficient (Wildman–Crippen LogP) is 4.57. The zero-order valence-corrected chi connectivity index (χ0v) is 17.5. The summed E-state index contributed by atoms with van der Waals surface area (Å²) in [6.45, 7) is 6.95. The van der Waals surface area contributed by atoms with Crippen molar-refractivity contribution in [3.63, 3.8) is 0 Å². The Morgan fingerprint density at radius 3 is 2.53 bits per heavy atom. The summed E-state index contributed by atoms with van der Waals surface area (Å²) in [6, 6.07) is 3.88. The van der Waals surface area contributed by atoms with Gasteiger partial charge in [-0.25, -0.2) is 0 Å². The number of amides is 1. The normalized spacial score (nSPS) is 12.9. The minimum Gasteiger partial charge on any atom is -0.406 e. The molecule has 1 unspecified atom stereocenters. The van der Waals surface area contributed by atoms with Crippen LogP contribution in [0.2, 0.25) is 0 Å². The molecule has 1 aromatic heterocycles. The van der Waals surface area contributed by atoms with E-state index < -0.39 is 30.0 Å². The Balaban J connectivity index is 2.02. The van der Waals surface area contributed by atoms with Gasteiger partial charge in [0.15, 0.2) is 5.78 Å². The van der Waals surface area contributed by atoms with E-state index in [4.69, 9.17) is 4.52 Å². The van der Waals surface area contributed by atoms with Crippen LogP contribution < -0.4 is 10.1 Å². The summed E-state index contributed by atoms with van der Waals surface area (Å²) in [6.07, 6.45) is -2.91. The van der Waals surface area contributed by atoms with Crippen LogP contribution in [0.1, 0.15) is 31.0 Å². The number of hydrogen-bond donors (Lipinski definition) is 1. The lowest BCUT2D eigenvalue weighted by Gasteiger charge is -2.09. The maximum atomic E-state index is 12.2. The second-order valence-corrected chi connectivity index (χ2v) is 7.40. The number of hydrogen-bond acceptors (Lipinski definition) is 6. The van der Waals surface area contributed by atoms with Gasteiger partial charge in [0.2, 0.25) is 5.82 Å². The van der Waals surface area contributed by atoms with Crippen molar-refractivity contribution in [1.29, 1.82) is 0 Å². The first kappa shape index (κ1) is 23.3. The molecule has 0 aliphatic heterocycles. The molecule has 0 aliphatic rings. The van der Waals surface area contributed by atoms with Crippen LogP contribution in [0.15, 0.2) is 51.5 Å². The minimum absolute atomic E-state index is 0.00994. The van der Waals surface area contributed by atoms with Crippen molar-refractivity contribution in [2.24, 2.45) is 0 Å². The number of nitrogens with zero attached hydrogens (tertiary/aromatic N) is 2. The lowest BCUT2D eigenvalue weighted by Crippen LogP contribution is -2.38. The number of alkyl halides is 3. The summed E-state index contributed by atoms with van der Waals surface area (Å²) in [4.78, 5) is 28.3. The molecule has 0 spiro atoms. The number of rotatable bonds is 8. The second kappa shape index (κ2) is 9.70. The summed E-state index contributed by atoms with van der Waals surface area (Å²) in [5.41, 5.74) is 1.08. The van der Waals surface area contributed by atoms with Gasteiger partial charge in [-0.2, -0.15) is 4.98 Å². The summed E-state index contributed by atoms with van der Waals surface area (Å²) >= 11 is 3.21. The highest BCUT2D eigenvalue weighted by atomic mass is 79.9. The van der Waals surface area contributed by atoms with E-state index in [1.807, 2.05) is 0 Å². The summed E-state index contributed by atoms with van der Waals surface area (Å²) < 4.78 is 46.0. The quantitative estimate of drug-likeness (QED) is 0.548. The van der Waals surface area contributed by atoms with E-state index in [0.29, 0.717) is 12.0 Å². The fraction of sp³-hybridized carbons (Fsp3) is 0.263. The topological polar surface area (TPSA) is 94.3 Å². The van der Waals surface area contributed by atoms with E-state index in [1.165, 1.54) is 25.1 Å². The van der Waals surface area contributed by atoms with Gasteiger partial charge in [-0.05, 0) is 55.1 Å². The van der Waals surface area contributed by atoms with Crippen molar-refractivity contribution in [2.75, 3.05) is 0 Å². The average Bonchev–Trinajstić information content (AvgIpc) is 3.10. The van der Waals surface area contributed by atoms with Crippen LogP contribution in [-0.4, -0.2) is 34.2 Å². The number of ether oxygens (including phenoxy) is 1. The molecule has 7 nitrogen and oxygen atoms in total. The molecular weight excluding hydrogens is 471 g/mol. The Kier molecular flexibility index (Phi) is 7.54. The van der Waals surface area contributed by atoms with Crippen molar-refractivity contribution in [1.82, 2.24) is 15.5 Å². The zero-order chi connectivity index (χ0) is 22.5. The molecule has 2 aromatic rings. The van der Waals surface area contributed by atoms with Gasteiger partial charge in [0.05, 0.1) is 6.04 Å². The van der Waals surface area contributed by atoms with Gasteiger partial charge in [0.1, 0.15) is 5.75 Å². The Bertz CT molecular complexity index is 968. The Labute approximate surface area is 178 Å². The fourth-order valence-corrected chi connectivity index (χ4v) is 2.73. The number of halogens is 4. The number of aromatic nitrogens is 2. The monoisotopic (exact) mass is 487 g/mol. The number of allylic oxidation sites excluding steroid dienone is 2. The van der Waals surface area contributed by atoms with Crippen LogP contribution in [0.25, 0.3) is 11.4 Å². The molecular formula is C19H17BrF3N3O4. The van der Waals surface area contributed by atoms with E-state index in [-0.39, 0.29) is 11.6 Å². The lowest BCUT2D eigenvalue weighted by atomic mass is 10.1. The van der Waals surface area contributed by atoms with E-state index in [1.54, 1.807) is 6.92 Å². The molecule has 1 N–H and O–H groups in total. The van der Waals surface area contributed by atoms with Gasteiger partial charge in [-0.15, -0.1) is 13.2 Å². The van der Waals surface area contributed by atoms with Crippen LogP contribution in [0, 0.1) is 0 Å². The van der Waals surface area contributed by atoms with E-state index >= 15 is 0 Å². The Morgan fingerprint density at radius 2 is 1.97 bits per heavy atom. The number of carbonyl (C=O) groups is 2. The maximum absolute atomic E-state index is 12.2. The molecule has 1 atom stereocenters. The molecule has 30 heavy (non-hydrogen) atoms. The third-order valence-electron chi connectivity index (χ3n) is 3.60. The highest BCUT2D eigenvalue weighted by Gasteiger charge is 2.31. The van der Waals surface area contributed by atoms with Crippen molar-refractivity contribution in [3.05, 3.63) is 52.9 Å². The molecule has 1 amide bonds. The van der Waals surface area contributed by atoms with Crippen LogP contribution in [-0.2, 0) is 4.79 Å². The number of carbonyl (C=O) groups excluding carboxylic acids is 2. The second-order valence-electron chi connectivity index (χ2n) is 6.28. The van der Waals surface area contributed by atoms with Crippen LogP contribution in [0.5, 0.6) is 5.75 Å². The summed E-state index contributed by atoms with van der Waals surface area (Å²) in [7, 11) is 0. The highest BCUT2D eigenvalue weighted by Crippen LogP contribution is 2.25. The Hall–Kier alpha value is -2.95. The molecule has 0 bridgehead atoms. The third kappa shape index (κ3) is 7.14. The molecule has 1 aromatic carbocycles. The van der Waals surface area contributed by atoms with Gasteiger partial charge in [0, 0.05) is 5.56 Å². The molecule has 2 rings (SSSR count). The summed E-state index contributed by atoms with van der Waals surface area (Å²) in [5.74, 6) is -1.90. The van der Waals surface area contributed by atoms with Crippen molar-refractivity contribution in [3.8, 4) is 17.1 Å². The lowest BCUT2D eigenvalue weighted by molar-refractivity contribution is -0.274. The number of nitrogens with one attached hydrogen (secondary N) is 1. The van der Waals surface area contributed by atoms with Crippen molar-refractivity contribution >= 4 is 27.6 Å². The van der Waals surface area contributed by atoms with Crippen molar-refractivity contribution in [2.45, 2.75) is 32.7 Å². The summed E-state index contributed by atoms with van der Waals surface area (Å²) in [5, 5.41) is 6.07. The van der Waals surface area contributed by atoms with Gasteiger partial charge in [0.25, 0.3) is 0 Å². The van der Waals surface area contributed by atoms with Gasteiger partial charge in [-0.3, -0.25) is 9.59 Å². The minimum atomic E-state index is -4.80. The molecule has 0 aliphatic carbocycles. The van der Waals surface area contributed by atoms with Gasteiger partial charge < -0.3 is 14.6 Å². The van der Waals surface area contributed by atoms with E-state index in [9.17, 15) is 22.8 Å². The first-order chi connectivity index (χ1) is 13.9. The van der Waals surface area contributed by atoms with E-state index in [2.05, 4.69) is 42.7 Å².